The summed E-state index contributed by atoms with van der Waals surface area (Å²) in [5, 5.41) is 0. The standard InChI is InChI=1S/C16H30O2/c1-5-7-8-9-10-11-12-13-14-16(3,4)18-15(17)6-2/h6H,2,5,7-14H2,1,3-4H3. The van der Waals surface area contributed by atoms with Gasteiger partial charge in [-0.3, -0.25) is 0 Å². The molecule has 0 heterocycles. The van der Waals surface area contributed by atoms with E-state index in [9.17, 15) is 4.79 Å². The van der Waals surface area contributed by atoms with E-state index in [-0.39, 0.29) is 11.6 Å². The van der Waals surface area contributed by atoms with Gasteiger partial charge in [0.05, 0.1) is 0 Å². The van der Waals surface area contributed by atoms with Crippen molar-refractivity contribution in [1.82, 2.24) is 0 Å². The molecule has 0 bridgehead atoms. The van der Waals surface area contributed by atoms with Crippen LogP contribution in [0, 0.1) is 0 Å². The van der Waals surface area contributed by atoms with E-state index in [1.165, 1.54) is 51.0 Å². The van der Waals surface area contributed by atoms with Crippen LogP contribution in [0.5, 0.6) is 0 Å². The van der Waals surface area contributed by atoms with E-state index in [0.717, 1.165) is 12.8 Å². The van der Waals surface area contributed by atoms with Crippen LogP contribution < -0.4 is 0 Å². The fraction of sp³-hybridized carbons (Fsp3) is 0.812. The van der Waals surface area contributed by atoms with Crippen LogP contribution in [0.15, 0.2) is 12.7 Å². The monoisotopic (exact) mass is 254 g/mol. The zero-order valence-corrected chi connectivity index (χ0v) is 12.5. The second-order valence-corrected chi connectivity index (χ2v) is 5.61. The van der Waals surface area contributed by atoms with Crippen molar-refractivity contribution in [3.05, 3.63) is 12.7 Å². The van der Waals surface area contributed by atoms with Crippen molar-refractivity contribution in [2.24, 2.45) is 0 Å². The first-order valence-electron chi connectivity index (χ1n) is 7.37. The van der Waals surface area contributed by atoms with Crippen LogP contribution in [0.2, 0.25) is 0 Å². The maximum Gasteiger partial charge on any atom is 0.330 e. The molecule has 0 aliphatic heterocycles. The van der Waals surface area contributed by atoms with Gasteiger partial charge in [-0.25, -0.2) is 4.79 Å². The van der Waals surface area contributed by atoms with E-state index in [1.54, 1.807) is 0 Å². The lowest BCUT2D eigenvalue weighted by molar-refractivity contribution is -0.150. The highest BCUT2D eigenvalue weighted by atomic mass is 16.6. The molecule has 0 fully saturated rings. The van der Waals surface area contributed by atoms with E-state index in [2.05, 4.69) is 13.5 Å². The maximum absolute atomic E-state index is 11.1. The Labute approximate surface area is 113 Å². The predicted octanol–water partition coefficient (Wildman–Crippen LogP) is 5.03. The highest BCUT2D eigenvalue weighted by Gasteiger charge is 2.20. The quantitative estimate of drug-likeness (QED) is 0.294. The zero-order valence-electron chi connectivity index (χ0n) is 12.5. The molecule has 0 rings (SSSR count). The second-order valence-electron chi connectivity index (χ2n) is 5.61. The molecule has 0 amide bonds. The topological polar surface area (TPSA) is 26.3 Å². The summed E-state index contributed by atoms with van der Waals surface area (Å²) in [4.78, 5) is 11.1. The van der Waals surface area contributed by atoms with Crippen molar-refractivity contribution in [3.63, 3.8) is 0 Å². The van der Waals surface area contributed by atoms with Crippen molar-refractivity contribution in [3.8, 4) is 0 Å². The lowest BCUT2D eigenvalue weighted by Gasteiger charge is -2.24. The van der Waals surface area contributed by atoms with Gasteiger partial charge in [0, 0.05) is 6.08 Å². The van der Waals surface area contributed by atoms with E-state index in [1.807, 2.05) is 13.8 Å². The zero-order chi connectivity index (χ0) is 13.9. The number of hydrogen-bond donors (Lipinski definition) is 0. The molecule has 0 atom stereocenters. The van der Waals surface area contributed by atoms with Gasteiger partial charge in [0.25, 0.3) is 0 Å². The molecule has 0 radical (unpaired) electrons. The van der Waals surface area contributed by atoms with Crippen molar-refractivity contribution in [2.45, 2.75) is 84.2 Å². The molecule has 2 nitrogen and oxygen atoms in total. The summed E-state index contributed by atoms with van der Waals surface area (Å²) in [6.07, 6.45) is 12.6. The molecule has 0 aromatic carbocycles. The van der Waals surface area contributed by atoms with Crippen LogP contribution in [0.3, 0.4) is 0 Å². The summed E-state index contributed by atoms with van der Waals surface area (Å²) in [5.74, 6) is -0.320. The highest BCUT2D eigenvalue weighted by molar-refractivity contribution is 5.81. The fourth-order valence-electron chi connectivity index (χ4n) is 2.05. The number of carbonyl (C=O) groups is 1. The molecule has 0 N–H and O–H groups in total. The molecule has 0 spiro atoms. The van der Waals surface area contributed by atoms with Crippen molar-refractivity contribution >= 4 is 5.97 Å². The SMILES string of the molecule is C=CC(=O)OC(C)(C)CCCCCCCCCC. The summed E-state index contributed by atoms with van der Waals surface area (Å²) >= 11 is 0. The lowest BCUT2D eigenvalue weighted by atomic mass is 9.99. The minimum Gasteiger partial charge on any atom is -0.457 e. The molecule has 0 saturated carbocycles. The van der Waals surface area contributed by atoms with E-state index in [0.29, 0.717) is 0 Å². The highest BCUT2D eigenvalue weighted by Crippen LogP contribution is 2.20. The molecule has 0 unspecified atom stereocenters. The first kappa shape index (κ1) is 17.2. The Morgan fingerprint density at radius 3 is 2.06 bits per heavy atom. The third-order valence-corrected chi connectivity index (χ3v) is 3.18. The van der Waals surface area contributed by atoms with Gasteiger partial charge in [-0.1, -0.05) is 58.4 Å². The normalized spacial score (nSPS) is 11.3. The number of ether oxygens (including phenoxy) is 1. The lowest BCUT2D eigenvalue weighted by Crippen LogP contribution is -2.27. The average molecular weight is 254 g/mol. The van der Waals surface area contributed by atoms with E-state index in [4.69, 9.17) is 4.74 Å². The number of carbonyl (C=O) groups excluding carboxylic acids is 1. The van der Waals surface area contributed by atoms with Gasteiger partial charge in [-0.15, -0.1) is 0 Å². The minimum absolute atomic E-state index is 0.320. The summed E-state index contributed by atoms with van der Waals surface area (Å²) < 4.78 is 5.29. The Morgan fingerprint density at radius 1 is 1.06 bits per heavy atom. The molecule has 0 saturated heterocycles. The fourth-order valence-corrected chi connectivity index (χ4v) is 2.05. The molecule has 0 aromatic heterocycles. The van der Waals surface area contributed by atoms with Gasteiger partial charge in [-0.05, 0) is 26.7 Å². The van der Waals surface area contributed by atoms with Crippen LogP contribution in [0.4, 0.5) is 0 Å². The van der Waals surface area contributed by atoms with E-state index >= 15 is 0 Å². The molecule has 106 valence electrons. The average Bonchev–Trinajstić information content (AvgIpc) is 2.31. The van der Waals surface area contributed by atoms with Crippen molar-refractivity contribution < 1.29 is 9.53 Å². The predicted molar refractivity (Wildman–Crippen MR) is 77.6 cm³/mol. The summed E-state index contributed by atoms with van der Waals surface area (Å²) in [6.45, 7) is 9.59. The van der Waals surface area contributed by atoms with Crippen molar-refractivity contribution in [2.75, 3.05) is 0 Å². The first-order valence-corrected chi connectivity index (χ1v) is 7.37. The molecule has 0 aliphatic carbocycles. The van der Waals surface area contributed by atoms with Crippen LogP contribution in [0.1, 0.15) is 78.6 Å². The van der Waals surface area contributed by atoms with Gasteiger partial charge in [0.15, 0.2) is 0 Å². The minimum atomic E-state index is -0.354. The van der Waals surface area contributed by atoms with Gasteiger partial charge in [-0.2, -0.15) is 0 Å². The number of esters is 1. The van der Waals surface area contributed by atoms with Crippen molar-refractivity contribution in [1.29, 1.82) is 0 Å². The molecule has 0 aliphatic rings. The third-order valence-electron chi connectivity index (χ3n) is 3.18. The third kappa shape index (κ3) is 10.4. The van der Waals surface area contributed by atoms with Gasteiger partial charge in [0.1, 0.15) is 5.60 Å². The first-order chi connectivity index (χ1) is 8.52. The van der Waals surface area contributed by atoms with Gasteiger partial charge in [0.2, 0.25) is 0 Å². The molecule has 0 aromatic rings. The number of unbranched alkanes of at least 4 members (excludes halogenated alkanes) is 7. The Balaban J connectivity index is 3.46. The number of rotatable bonds is 11. The molecular weight excluding hydrogens is 224 g/mol. The molecule has 18 heavy (non-hydrogen) atoms. The van der Waals surface area contributed by atoms with Crippen LogP contribution >= 0.6 is 0 Å². The Kier molecular flexibility index (Phi) is 9.72. The maximum atomic E-state index is 11.1. The Bertz CT molecular complexity index is 231. The van der Waals surface area contributed by atoms with E-state index < -0.39 is 0 Å². The Hall–Kier alpha value is -0.790. The summed E-state index contributed by atoms with van der Waals surface area (Å²) in [5.41, 5.74) is -0.354. The number of hydrogen-bond acceptors (Lipinski definition) is 2. The van der Waals surface area contributed by atoms with Crippen LogP contribution in [-0.4, -0.2) is 11.6 Å². The smallest absolute Gasteiger partial charge is 0.330 e. The molecule has 2 heteroatoms. The molecular formula is C16H30O2. The second kappa shape index (κ2) is 10.2. The van der Waals surface area contributed by atoms with Crippen LogP contribution in [0.25, 0.3) is 0 Å². The Morgan fingerprint density at radius 2 is 1.56 bits per heavy atom. The summed E-state index contributed by atoms with van der Waals surface area (Å²) in [7, 11) is 0. The van der Waals surface area contributed by atoms with Gasteiger partial charge < -0.3 is 4.74 Å². The largest absolute Gasteiger partial charge is 0.457 e. The van der Waals surface area contributed by atoms with Gasteiger partial charge >= 0.3 is 5.97 Å². The summed E-state index contributed by atoms with van der Waals surface area (Å²) in [6, 6.07) is 0. The van der Waals surface area contributed by atoms with Crippen LogP contribution in [-0.2, 0) is 9.53 Å².